The Bertz CT molecular complexity index is 953. The van der Waals surface area contributed by atoms with Gasteiger partial charge >= 0.3 is 0 Å². The molecule has 0 bridgehead atoms. The zero-order valence-electron chi connectivity index (χ0n) is 14.6. The van der Waals surface area contributed by atoms with Crippen LogP contribution < -0.4 is 11.5 Å². The second kappa shape index (κ2) is 6.75. The smallest absolute Gasteiger partial charge is 0.0947 e. The highest BCUT2D eigenvalue weighted by Crippen LogP contribution is 2.44. The lowest BCUT2D eigenvalue weighted by molar-refractivity contribution is 0.579. The molecule has 3 aromatic carbocycles. The van der Waals surface area contributed by atoms with E-state index in [9.17, 15) is 0 Å². The molecule has 0 amide bonds. The minimum Gasteiger partial charge on any atom is -0.309 e. The molecule has 0 heterocycles. The van der Waals surface area contributed by atoms with Gasteiger partial charge in [0.15, 0.2) is 0 Å². The fourth-order valence-corrected chi connectivity index (χ4v) is 3.64. The van der Waals surface area contributed by atoms with Crippen LogP contribution in [0.5, 0.6) is 0 Å². The van der Waals surface area contributed by atoms with Crippen LogP contribution in [0.1, 0.15) is 23.1 Å². The zero-order valence-corrected chi connectivity index (χ0v) is 14.6. The molecule has 0 aromatic heterocycles. The Labute approximate surface area is 154 Å². The van der Waals surface area contributed by atoms with Gasteiger partial charge in [-0.1, -0.05) is 97.1 Å². The van der Waals surface area contributed by atoms with Gasteiger partial charge in [-0.3, -0.25) is 0 Å². The number of benzene rings is 3. The van der Waals surface area contributed by atoms with Gasteiger partial charge in [-0.05, 0) is 27.8 Å². The molecule has 128 valence electrons. The molecule has 0 atom stereocenters. The van der Waals surface area contributed by atoms with E-state index in [1.54, 1.807) is 0 Å². The number of hydrogen-bond donors (Lipinski definition) is 2. The predicted molar refractivity (Wildman–Crippen MR) is 110 cm³/mol. The van der Waals surface area contributed by atoms with E-state index in [0.29, 0.717) is 6.42 Å². The van der Waals surface area contributed by atoms with Crippen molar-refractivity contribution >= 4 is 16.7 Å². The van der Waals surface area contributed by atoms with E-state index < -0.39 is 5.66 Å². The third-order valence-corrected chi connectivity index (χ3v) is 4.84. The Morgan fingerprint density at radius 1 is 0.577 bits per heavy atom. The maximum Gasteiger partial charge on any atom is 0.0947 e. The van der Waals surface area contributed by atoms with E-state index in [1.165, 1.54) is 11.1 Å². The molecule has 0 fully saturated rings. The topological polar surface area (TPSA) is 52.0 Å². The quantitative estimate of drug-likeness (QED) is 0.680. The van der Waals surface area contributed by atoms with Crippen LogP contribution in [-0.4, -0.2) is 5.66 Å². The summed E-state index contributed by atoms with van der Waals surface area (Å²) in [5.74, 6) is 0. The lowest BCUT2D eigenvalue weighted by Gasteiger charge is -2.35. The summed E-state index contributed by atoms with van der Waals surface area (Å²) < 4.78 is 0. The Morgan fingerprint density at radius 2 is 1.04 bits per heavy atom. The minimum atomic E-state index is -0.912. The summed E-state index contributed by atoms with van der Waals surface area (Å²) in [6.07, 6.45) is 2.77. The van der Waals surface area contributed by atoms with Gasteiger partial charge in [-0.25, -0.2) is 0 Å². The van der Waals surface area contributed by atoms with Crippen molar-refractivity contribution in [3.8, 4) is 0 Å². The summed E-state index contributed by atoms with van der Waals surface area (Å²) in [5, 5.41) is 0. The monoisotopic (exact) mass is 338 g/mol. The summed E-state index contributed by atoms with van der Waals surface area (Å²) in [5.41, 5.74) is 18.9. The number of allylic oxidation sites excluding steroid dienone is 2. The highest BCUT2D eigenvalue weighted by Gasteiger charge is 2.33. The van der Waals surface area contributed by atoms with Crippen LogP contribution in [-0.2, 0) is 0 Å². The SMILES string of the molecule is NC1(N)CC=C(c2ccccc2)C(c2ccccc2)=C1c1ccccc1. The lowest BCUT2D eigenvalue weighted by atomic mass is 9.75. The Morgan fingerprint density at radius 3 is 1.58 bits per heavy atom. The van der Waals surface area contributed by atoms with E-state index in [4.69, 9.17) is 11.5 Å². The van der Waals surface area contributed by atoms with Crippen LogP contribution >= 0.6 is 0 Å². The number of rotatable bonds is 3. The molecule has 0 spiro atoms. The maximum absolute atomic E-state index is 6.60. The van der Waals surface area contributed by atoms with Crippen molar-refractivity contribution in [3.05, 3.63) is 114 Å². The summed E-state index contributed by atoms with van der Waals surface area (Å²) in [7, 11) is 0. The first-order valence-corrected chi connectivity index (χ1v) is 8.86. The molecule has 1 aliphatic carbocycles. The zero-order chi connectivity index (χ0) is 18.0. The first-order chi connectivity index (χ1) is 12.7. The van der Waals surface area contributed by atoms with E-state index in [-0.39, 0.29) is 0 Å². The van der Waals surface area contributed by atoms with E-state index in [2.05, 4.69) is 66.7 Å². The fraction of sp³-hybridized carbons (Fsp3) is 0.0833. The van der Waals surface area contributed by atoms with Gasteiger partial charge in [-0.15, -0.1) is 0 Å². The van der Waals surface area contributed by atoms with Crippen molar-refractivity contribution in [2.24, 2.45) is 11.5 Å². The third kappa shape index (κ3) is 3.01. The summed E-state index contributed by atoms with van der Waals surface area (Å²) in [6, 6.07) is 31.0. The van der Waals surface area contributed by atoms with Gasteiger partial charge in [0.25, 0.3) is 0 Å². The van der Waals surface area contributed by atoms with Crippen LogP contribution in [0.3, 0.4) is 0 Å². The van der Waals surface area contributed by atoms with Crippen LogP contribution in [0.4, 0.5) is 0 Å². The highest BCUT2D eigenvalue weighted by molar-refractivity contribution is 6.17. The average molecular weight is 338 g/mol. The van der Waals surface area contributed by atoms with Crippen molar-refractivity contribution in [1.82, 2.24) is 0 Å². The van der Waals surface area contributed by atoms with Crippen molar-refractivity contribution in [1.29, 1.82) is 0 Å². The summed E-state index contributed by atoms with van der Waals surface area (Å²) in [4.78, 5) is 0. The maximum atomic E-state index is 6.60. The van der Waals surface area contributed by atoms with Gasteiger partial charge in [0.2, 0.25) is 0 Å². The van der Waals surface area contributed by atoms with Crippen LogP contribution in [0.2, 0.25) is 0 Å². The standard InChI is InChI=1S/C24H22N2/c25-24(26)17-16-21(18-10-4-1-5-11-18)22(19-12-6-2-7-13-19)23(24)20-14-8-3-9-15-20/h1-16H,17,25-26H2. The molecule has 4 rings (SSSR count). The van der Waals surface area contributed by atoms with E-state index in [0.717, 1.165) is 22.3 Å². The first kappa shape index (κ1) is 16.5. The molecule has 3 aromatic rings. The minimum absolute atomic E-state index is 0.595. The third-order valence-electron chi connectivity index (χ3n) is 4.84. The largest absolute Gasteiger partial charge is 0.309 e. The van der Waals surface area contributed by atoms with Crippen molar-refractivity contribution in [3.63, 3.8) is 0 Å². The Hall–Kier alpha value is -2.94. The molecular weight excluding hydrogens is 316 g/mol. The van der Waals surface area contributed by atoms with Crippen LogP contribution in [0.15, 0.2) is 97.1 Å². The molecular formula is C24H22N2. The normalized spacial score (nSPS) is 16.3. The van der Waals surface area contributed by atoms with Crippen LogP contribution in [0, 0.1) is 0 Å². The molecule has 4 N–H and O–H groups in total. The fourth-order valence-electron chi connectivity index (χ4n) is 3.64. The van der Waals surface area contributed by atoms with Crippen molar-refractivity contribution in [2.45, 2.75) is 12.1 Å². The van der Waals surface area contributed by atoms with Gasteiger partial charge in [0, 0.05) is 12.0 Å². The summed E-state index contributed by atoms with van der Waals surface area (Å²) in [6.45, 7) is 0. The van der Waals surface area contributed by atoms with E-state index in [1.807, 2.05) is 30.3 Å². The average Bonchev–Trinajstić information content (AvgIpc) is 2.69. The van der Waals surface area contributed by atoms with Crippen molar-refractivity contribution in [2.75, 3.05) is 0 Å². The number of hydrogen-bond acceptors (Lipinski definition) is 2. The van der Waals surface area contributed by atoms with Crippen LogP contribution in [0.25, 0.3) is 16.7 Å². The molecule has 26 heavy (non-hydrogen) atoms. The van der Waals surface area contributed by atoms with Gasteiger partial charge < -0.3 is 11.5 Å². The number of nitrogens with two attached hydrogens (primary N) is 2. The Balaban J connectivity index is 2.03. The molecule has 0 saturated heterocycles. The first-order valence-electron chi connectivity index (χ1n) is 8.86. The molecule has 1 aliphatic rings. The van der Waals surface area contributed by atoms with Crippen molar-refractivity contribution < 1.29 is 0 Å². The predicted octanol–water partition coefficient (Wildman–Crippen LogP) is 4.70. The second-order valence-electron chi connectivity index (χ2n) is 6.71. The highest BCUT2D eigenvalue weighted by atomic mass is 15.0. The molecule has 0 radical (unpaired) electrons. The molecule has 2 nitrogen and oxygen atoms in total. The van der Waals surface area contributed by atoms with Gasteiger partial charge in [0.05, 0.1) is 5.66 Å². The van der Waals surface area contributed by atoms with E-state index >= 15 is 0 Å². The molecule has 0 unspecified atom stereocenters. The van der Waals surface area contributed by atoms with Gasteiger partial charge in [-0.2, -0.15) is 0 Å². The second-order valence-corrected chi connectivity index (χ2v) is 6.71. The Kier molecular flexibility index (Phi) is 4.29. The summed E-state index contributed by atoms with van der Waals surface area (Å²) >= 11 is 0. The molecule has 0 saturated carbocycles. The molecule has 2 heteroatoms. The molecule has 0 aliphatic heterocycles. The van der Waals surface area contributed by atoms with Gasteiger partial charge in [0.1, 0.15) is 0 Å². The lowest BCUT2D eigenvalue weighted by Crippen LogP contribution is -2.51.